The summed E-state index contributed by atoms with van der Waals surface area (Å²) in [5.74, 6) is 1.35. The molecule has 4 rings (SSSR count). The fourth-order valence-electron chi connectivity index (χ4n) is 3.30. The third-order valence-corrected chi connectivity index (χ3v) is 4.78. The Labute approximate surface area is 166 Å². The third kappa shape index (κ3) is 3.64. The molecule has 0 atom stereocenters. The molecule has 0 amide bonds. The quantitative estimate of drug-likeness (QED) is 0.451. The third-order valence-electron chi connectivity index (χ3n) is 4.78. The molecule has 150 valence electrons. The van der Waals surface area contributed by atoms with Crippen LogP contribution in [0.2, 0.25) is 0 Å². The van der Waals surface area contributed by atoms with Gasteiger partial charge in [0.25, 0.3) is 0 Å². The predicted molar refractivity (Wildman–Crippen MR) is 106 cm³/mol. The Hall–Kier alpha value is -3.09. The first-order valence-corrected chi connectivity index (χ1v) is 9.30. The van der Waals surface area contributed by atoms with Gasteiger partial charge in [0.05, 0.1) is 10.9 Å². The van der Waals surface area contributed by atoms with Gasteiger partial charge in [-0.3, -0.25) is 0 Å². The van der Waals surface area contributed by atoms with Crippen molar-refractivity contribution in [2.45, 2.75) is 38.9 Å². The van der Waals surface area contributed by atoms with E-state index >= 15 is 0 Å². The van der Waals surface area contributed by atoms with Crippen LogP contribution >= 0.6 is 0 Å². The van der Waals surface area contributed by atoms with Crippen molar-refractivity contribution < 1.29 is 13.2 Å². The molecule has 0 aliphatic heterocycles. The number of halogens is 3. The molecule has 0 spiro atoms. The Morgan fingerprint density at radius 3 is 2.21 bits per heavy atom. The standard InChI is InChI=1S/C22H21F3N4/c1-21(2,3)20-26-18(28-11-6-7-12-28)16-10-13-29(19(16)27-20)14-15-8-4-5-9-17(15)22(23,24)25/h4-13H,14H2,1-3H3. The van der Waals surface area contributed by atoms with E-state index in [0.717, 1.165) is 11.5 Å². The van der Waals surface area contributed by atoms with Crippen LogP contribution in [-0.4, -0.2) is 19.1 Å². The fourth-order valence-corrected chi connectivity index (χ4v) is 3.30. The molecule has 0 N–H and O–H groups in total. The van der Waals surface area contributed by atoms with Gasteiger partial charge in [-0.25, -0.2) is 9.97 Å². The van der Waals surface area contributed by atoms with Crippen molar-refractivity contribution in [1.82, 2.24) is 19.1 Å². The van der Waals surface area contributed by atoms with Gasteiger partial charge in [-0.1, -0.05) is 39.0 Å². The topological polar surface area (TPSA) is 35.6 Å². The second-order valence-electron chi connectivity index (χ2n) is 8.05. The van der Waals surface area contributed by atoms with E-state index in [1.165, 1.54) is 12.1 Å². The SMILES string of the molecule is CC(C)(C)c1nc(-n2cccc2)c2ccn(Cc3ccccc3C(F)(F)F)c2n1. The molecule has 4 aromatic rings. The molecule has 29 heavy (non-hydrogen) atoms. The first kappa shape index (κ1) is 19.2. The number of rotatable bonds is 3. The van der Waals surface area contributed by atoms with Crippen LogP contribution in [0.15, 0.2) is 61.1 Å². The van der Waals surface area contributed by atoms with E-state index in [-0.39, 0.29) is 17.5 Å². The minimum absolute atomic E-state index is 0.0743. The Bertz CT molecular complexity index is 1150. The number of hydrogen-bond donors (Lipinski definition) is 0. The van der Waals surface area contributed by atoms with E-state index in [9.17, 15) is 13.2 Å². The number of hydrogen-bond acceptors (Lipinski definition) is 2. The molecule has 3 heterocycles. The van der Waals surface area contributed by atoms with Crippen LogP contribution in [0.4, 0.5) is 13.2 Å². The van der Waals surface area contributed by atoms with Crippen LogP contribution in [0.25, 0.3) is 16.9 Å². The van der Waals surface area contributed by atoms with Crippen molar-refractivity contribution in [2.24, 2.45) is 0 Å². The Balaban J connectivity index is 1.89. The molecule has 0 radical (unpaired) electrons. The van der Waals surface area contributed by atoms with E-state index in [1.807, 2.05) is 55.9 Å². The molecule has 3 aromatic heterocycles. The van der Waals surface area contributed by atoms with Gasteiger partial charge in [0.1, 0.15) is 17.3 Å². The highest BCUT2D eigenvalue weighted by atomic mass is 19.4. The molecule has 4 nitrogen and oxygen atoms in total. The smallest absolute Gasteiger partial charge is 0.328 e. The maximum Gasteiger partial charge on any atom is 0.416 e. The highest BCUT2D eigenvalue weighted by Gasteiger charge is 2.33. The van der Waals surface area contributed by atoms with Crippen molar-refractivity contribution in [1.29, 1.82) is 0 Å². The zero-order valence-corrected chi connectivity index (χ0v) is 16.4. The van der Waals surface area contributed by atoms with Crippen LogP contribution in [-0.2, 0) is 18.1 Å². The predicted octanol–water partition coefficient (Wildman–Crippen LogP) is 5.59. The second-order valence-corrected chi connectivity index (χ2v) is 8.05. The lowest BCUT2D eigenvalue weighted by atomic mass is 9.95. The summed E-state index contributed by atoms with van der Waals surface area (Å²) in [5, 5.41) is 0.790. The molecule has 0 bridgehead atoms. The van der Waals surface area contributed by atoms with Crippen molar-refractivity contribution >= 4 is 11.0 Å². The monoisotopic (exact) mass is 398 g/mol. The lowest BCUT2D eigenvalue weighted by molar-refractivity contribution is -0.138. The van der Waals surface area contributed by atoms with Gasteiger partial charge < -0.3 is 9.13 Å². The maximum atomic E-state index is 13.4. The maximum absolute atomic E-state index is 13.4. The number of aromatic nitrogens is 4. The first-order valence-electron chi connectivity index (χ1n) is 9.30. The van der Waals surface area contributed by atoms with Crippen molar-refractivity contribution in [3.63, 3.8) is 0 Å². The van der Waals surface area contributed by atoms with Crippen LogP contribution in [0.3, 0.4) is 0 Å². The lowest BCUT2D eigenvalue weighted by Gasteiger charge is -2.19. The lowest BCUT2D eigenvalue weighted by Crippen LogP contribution is -2.18. The first-order chi connectivity index (χ1) is 13.6. The van der Waals surface area contributed by atoms with Gasteiger partial charge in [-0.2, -0.15) is 13.2 Å². The largest absolute Gasteiger partial charge is 0.416 e. The van der Waals surface area contributed by atoms with E-state index in [0.29, 0.717) is 17.3 Å². The van der Waals surface area contributed by atoms with Gasteiger partial charge >= 0.3 is 6.18 Å². The summed E-state index contributed by atoms with van der Waals surface area (Å²) in [6.45, 7) is 6.12. The summed E-state index contributed by atoms with van der Waals surface area (Å²) in [7, 11) is 0. The van der Waals surface area contributed by atoms with Gasteiger partial charge in [-0.05, 0) is 29.8 Å². The summed E-state index contributed by atoms with van der Waals surface area (Å²) >= 11 is 0. The summed E-state index contributed by atoms with van der Waals surface area (Å²) in [6, 6.07) is 11.3. The van der Waals surface area contributed by atoms with E-state index in [4.69, 9.17) is 9.97 Å². The average Bonchev–Trinajstić information content (AvgIpc) is 3.30. The van der Waals surface area contributed by atoms with Gasteiger partial charge in [0, 0.05) is 30.6 Å². The van der Waals surface area contributed by atoms with Crippen molar-refractivity contribution in [2.75, 3.05) is 0 Å². The van der Waals surface area contributed by atoms with E-state index < -0.39 is 11.7 Å². The highest BCUT2D eigenvalue weighted by Crippen LogP contribution is 2.33. The number of alkyl halides is 3. The van der Waals surface area contributed by atoms with Gasteiger partial charge in [-0.15, -0.1) is 0 Å². The fraction of sp³-hybridized carbons (Fsp3) is 0.273. The zero-order chi connectivity index (χ0) is 20.8. The molecule has 0 unspecified atom stereocenters. The normalized spacial score (nSPS) is 12.6. The van der Waals surface area contributed by atoms with Crippen molar-refractivity contribution in [3.8, 4) is 5.82 Å². The Morgan fingerprint density at radius 2 is 1.55 bits per heavy atom. The summed E-state index contributed by atoms with van der Waals surface area (Å²) in [5.41, 5.74) is -0.117. The Kier molecular flexibility index (Phi) is 4.48. The molecule has 0 saturated heterocycles. The number of fused-ring (bicyclic) bond motifs is 1. The number of benzene rings is 1. The van der Waals surface area contributed by atoms with Gasteiger partial charge in [0.15, 0.2) is 0 Å². The summed E-state index contributed by atoms with van der Waals surface area (Å²) in [4.78, 5) is 9.47. The molecule has 0 saturated carbocycles. The molecule has 0 aliphatic rings. The molecular formula is C22H21F3N4. The molecule has 1 aromatic carbocycles. The average molecular weight is 398 g/mol. The van der Waals surface area contributed by atoms with Crippen LogP contribution in [0.1, 0.15) is 37.7 Å². The van der Waals surface area contributed by atoms with Gasteiger partial charge in [0.2, 0.25) is 0 Å². The molecular weight excluding hydrogens is 377 g/mol. The van der Waals surface area contributed by atoms with Crippen molar-refractivity contribution in [3.05, 3.63) is 78.0 Å². The summed E-state index contributed by atoms with van der Waals surface area (Å²) < 4.78 is 43.9. The zero-order valence-electron chi connectivity index (χ0n) is 16.4. The Morgan fingerprint density at radius 1 is 0.862 bits per heavy atom. The molecule has 0 aliphatic carbocycles. The van der Waals surface area contributed by atoms with E-state index in [1.54, 1.807) is 16.8 Å². The minimum atomic E-state index is -4.40. The summed E-state index contributed by atoms with van der Waals surface area (Å²) in [6.07, 6.45) is 1.16. The number of nitrogens with zero attached hydrogens (tertiary/aromatic N) is 4. The van der Waals surface area contributed by atoms with E-state index in [2.05, 4.69) is 0 Å². The van der Waals surface area contributed by atoms with Crippen LogP contribution < -0.4 is 0 Å². The van der Waals surface area contributed by atoms with Crippen LogP contribution in [0.5, 0.6) is 0 Å². The molecule has 7 heteroatoms. The minimum Gasteiger partial charge on any atom is -0.328 e. The highest BCUT2D eigenvalue weighted by molar-refractivity contribution is 5.84. The second kappa shape index (κ2) is 6.76. The molecule has 0 fully saturated rings. The van der Waals surface area contributed by atoms with Crippen LogP contribution in [0, 0.1) is 0 Å².